The molecule has 8 heteroatoms. The number of carbonyl (C=O) groups excluding carboxylic acids is 1. The number of benzene rings is 1. The molecule has 0 radical (unpaired) electrons. The molecule has 0 aliphatic carbocycles. The first kappa shape index (κ1) is 22.5. The van der Waals surface area contributed by atoms with E-state index in [-0.39, 0.29) is 17.8 Å². The average Bonchev–Trinajstić information content (AvgIpc) is 2.59. The summed E-state index contributed by atoms with van der Waals surface area (Å²) < 4.78 is 37.4. The van der Waals surface area contributed by atoms with Gasteiger partial charge in [-0.3, -0.25) is 4.79 Å². The van der Waals surface area contributed by atoms with Crippen molar-refractivity contribution >= 4 is 17.5 Å². The van der Waals surface area contributed by atoms with Crippen molar-refractivity contribution in [3.63, 3.8) is 0 Å². The Hall–Kier alpha value is -1.78. The molecule has 28 heavy (non-hydrogen) atoms. The van der Waals surface area contributed by atoms with Crippen LogP contribution in [-0.2, 0) is 10.2 Å². The van der Waals surface area contributed by atoms with Crippen LogP contribution in [0.2, 0.25) is 5.02 Å². The molecule has 2 N–H and O–H groups in total. The third-order valence-corrected chi connectivity index (χ3v) is 5.28. The van der Waals surface area contributed by atoms with Crippen molar-refractivity contribution in [2.45, 2.75) is 51.2 Å². The first-order valence-electron chi connectivity index (χ1n) is 9.11. The molecule has 1 aromatic carbocycles. The number of nitrogens with zero attached hydrogens (tertiary/aromatic N) is 1. The Morgan fingerprint density at radius 1 is 1.32 bits per heavy atom. The fourth-order valence-corrected chi connectivity index (χ4v) is 3.93. The Morgan fingerprint density at radius 3 is 2.43 bits per heavy atom. The number of nitriles is 1. The van der Waals surface area contributed by atoms with Crippen molar-refractivity contribution in [1.29, 1.82) is 5.26 Å². The number of halogens is 4. The minimum Gasteiger partial charge on any atom is -0.346 e. The summed E-state index contributed by atoms with van der Waals surface area (Å²) in [4.78, 5) is 12.3. The summed E-state index contributed by atoms with van der Waals surface area (Å²) in [5.41, 5.74) is -0.334. The van der Waals surface area contributed by atoms with Crippen LogP contribution in [0.15, 0.2) is 24.3 Å². The molecule has 1 aromatic rings. The molecule has 4 nitrogen and oxygen atoms in total. The molecule has 154 valence electrons. The van der Waals surface area contributed by atoms with E-state index in [4.69, 9.17) is 11.6 Å². The molecular weight excluding hydrogens is 391 g/mol. The number of hydrogen-bond acceptors (Lipinski definition) is 3. The van der Waals surface area contributed by atoms with Gasteiger partial charge in [0, 0.05) is 11.6 Å². The highest BCUT2D eigenvalue weighted by atomic mass is 35.5. The first-order chi connectivity index (χ1) is 12.9. The van der Waals surface area contributed by atoms with Crippen molar-refractivity contribution in [3.05, 3.63) is 34.9 Å². The topological polar surface area (TPSA) is 64.9 Å². The van der Waals surface area contributed by atoms with E-state index < -0.39 is 30.1 Å². The highest BCUT2D eigenvalue weighted by Gasteiger charge is 2.48. The van der Waals surface area contributed by atoms with E-state index in [1.165, 1.54) is 0 Å². The van der Waals surface area contributed by atoms with Gasteiger partial charge in [-0.2, -0.15) is 18.4 Å². The normalized spacial score (nSPS) is 25.8. The Bertz CT molecular complexity index is 737. The van der Waals surface area contributed by atoms with Crippen LogP contribution in [0, 0.1) is 22.7 Å². The maximum atomic E-state index is 12.5. The number of rotatable bonds is 4. The molecule has 2 rings (SSSR count). The maximum absolute atomic E-state index is 12.5. The van der Waals surface area contributed by atoms with Gasteiger partial charge < -0.3 is 10.6 Å². The minimum atomic E-state index is -4.48. The van der Waals surface area contributed by atoms with Gasteiger partial charge in [-0.1, -0.05) is 44.5 Å². The lowest BCUT2D eigenvalue weighted by Crippen LogP contribution is -2.58. The second-order valence-corrected chi connectivity index (χ2v) is 8.99. The lowest BCUT2D eigenvalue weighted by Gasteiger charge is -2.45. The van der Waals surface area contributed by atoms with Crippen molar-refractivity contribution in [2.24, 2.45) is 11.3 Å². The summed E-state index contributed by atoms with van der Waals surface area (Å²) in [5, 5.41) is 15.7. The fraction of sp³-hybridized carbons (Fsp3) is 0.600. The SMILES string of the molecule is CC(C)(C)CC1CNC(C(=O)NCC(F)(F)F)CC1(C#N)c1ccc(Cl)cc1. The van der Waals surface area contributed by atoms with Gasteiger partial charge in [-0.05, 0) is 41.9 Å². The van der Waals surface area contributed by atoms with Crippen LogP contribution < -0.4 is 10.6 Å². The average molecular weight is 416 g/mol. The summed E-state index contributed by atoms with van der Waals surface area (Å²) in [6.07, 6.45) is -3.68. The van der Waals surface area contributed by atoms with E-state index in [0.717, 1.165) is 5.56 Å². The van der Waals surface area contributed by atoms with Crippen LogP contribution >= 0.6 is 11.6 Å². The van der Waals surface area contributed by atoms with E-state index in [1.54, 1.807) is 24.3 Å². The Labute approximate surface area is 168 Å². The van der Waals surface area contributed by atoms with E-state index in [0.29, 0.717) is 18.0 Å². The highest BCUT2D eigenvalue weighted by molar-refractivity contribution is 6.30. The number of piperidine rings is 1. The Balaban J connectivity index is 2.34. The van der Waals surface area contributed by atoms with Crippen LogP contribution in [0.25, 0.3) is 0 Å². The zero-order valence-corrected chi connectivity index (χ0v) is 16.9. The lowest BCUT2D eigenvalue weighted by atomic mass is 9.61. The monoisotopic (exact) mass is 415 g/mol. The van der Waals surface area contributed by atoms with E-state index >= 15 is 0 Å². The molecule has 0 spiro atoms. The van der Waals surface area contributed by atoms with Gasteiger partial charge in [0.1, 0.15) is 6.54 Å². The van der Waals surface area contributed by atoms with Gasteiger partial charge in [0.2, 0.25) is 5.91 Å². The number of nitrogens with one attached hydrogen (secondary N) is 2. The first-order valence-corrected chi connectivity index (χ1v) is 9.49. The van der Waals surface area contributed by atoms with Crippen molar-refractivity contribution < 1.29 is 18.0 Å². The maximum Gasteiger partial charge on any atom is 0.405 e. The number of amides is 1. The van der Waals surface area contributed by atoms with Gasteiger partial charge in [0.25, 0.3) is 0 Å². The van der Waals surface area contributed by atoms with Crippen LogP contribution in [0.3, 0.4) is 0 Å². The lowest BCUT2D eigenvalue weighted by molar-refractivity contribution is -0.140. The third-order valence-electron chi connectivity index (χ3n) is 5.03. The van der Waals surface area contributed by atoms with E-state index in [9.17, 15) is 23.2 Å². The number of alkyl halides is 3. The zero-order valence-electron chi connectivity index (χ0n) is 16.2. The minimum absolute atomic E-state index is 0.0632. The van der Waals surface area contributed by atoms with Crippen molar-refractivity contribution in [2.75, 3.05) is 13.1 Å². The third kappa shape index (κ3) is 5.62. The molecule has 1 amide bonds. The second-order valence-electron chi connectivity index (χ2n) is 8.55. The molecule has 1 aliphatic rings. The zero-order chi connectivity index (χ0) is 21.2. The van der Waals surface area contributed by atoms with Crippen LogP contribution in [-0.4, -0.2) is 31.2 Å². The van der Waals surface area contributed by atoms with E-state index in [2.05, 4.69) is 32.2 Å². The van der Waals surface area contributed by atoms with Gasteiger partial charge >= 0.3 is 6.18 Å². The van der Waals surface area contributed by atoms with E-state index in [1.807, 2.05) is 5.32 Å². The predicted octanol–water partition coefficient (Wildman–Crippen LogP) is 4.19. The fourth-order valence-electron chi connectivity index (χ4n) is 3.80. The largest absolute Gasteiger partial charge is 0.405 e. The molecule has 1 fully saturated rings. The predicted molar refractivity (Wildman–Crippen MR) is 102 cm³/mol. The molecule has 0 bridgehead atoms. The van der Waals surface area contributed by atoms with Gasteiger partial charge in [-0.25, -0.2) is 0 Å². The number of hydrogen-bond donors (Lipinski definition) is 2. The molecule has 1 saturated heterocycles. The standard InChI is InChI=1S/C20H25ClF3N3O/c1-18(2,3)8-14-10-26-16(17(28)27-12-20(22,23)24)9-19(14,11-25)13-4-6-15(21)7-5-13/h4-7,14,16,26H,8-10,12H2,1-3H3,(H,27,28). The van der Waals surface area contributed by atoms with Crippen LogP contribution in [0.4, 0.5) is 13.2 Å². The molecule has 1 aliphatic heterocycles. The van der Waals surface area contributed by atoms with Crippen LogP contribution in [0.1, 0.15) is 39.2 Å². The smallest absolute Gasteiger partial charge is 0.346 e. The summed E-state index contributed by atoms with van der Waals surface area (Å²) in [6.45, 7) is 5.17. The summed E-state index contributed by atoms with van der Waals surface area (Å²) in [7, 11) is 0. The summed E-state index contributed by atoms with van der Waals surface area (Å²) in [6, 6.07) is 8.41. The molecule has 0 aromatic heterocycles. The van der Waals surface area contributed by atoms with Crippen LogP contribution in [0.5, 0.6) is 0 Å². The number of carbonyl (C=O) groups is 1. The van der Waals surface area contributed by atoms with Gasteiger partial charge in [0.05, 0.1) is 17.5 Å². The summed E-state index contributed by atoms with van der Waals surface area (Å²) >= 11 is 5.98. The molecular formula is C20H25ClF3N3O. The molecule has 3 unspecified atom stereocenters. The van der Waals surface area contributed by atoms with Gasteiger partial charge in [-0.15, -0.1) is 0 Å². The second kappa shape index (κ2) is 8.30. The molecule has 3 atom stereocenters. The highest BCUT2D eigenvalue weighted by Crippen LogP contribution is 2.44. The Morgan fingerprint density at radius 2 is 1.93 bits per heavy atom. The van der Waals surface area contributed by atoms with Crippen molar-refractivity contribution in [3.8, 4) is 6.07 Å². The van der Waals surface area contributed by atoms with Crippen molar-refractivity contribution in [1.82, 2.24) is 10.6 Å². The Kier molecular flexibility index (Phi) is 6.67. The quantitative estimate of drug-likeness (QED) is 0.774. The molecule has 0 saturated carbocycles. The van der Waals surface area contributed by atoms with Gasteiger partial charge in [0.15, 0.2) is 0 Å². The summed E-state index contributed by atoms with van der Waals surface area (Å²) in [5.74, 6) is -0.856. The molecule has 1 heterocycles.